The Balaban J connectivity index is 2.11. The Bertz CT molecular complexity index is 465. The van der Waals surface area contributed by atoms with Gasteiger partial charge in [-0.2, -0.15) is 0 Å². The van der Waals surface area contributed by atoms with Crippen LogP contribution in [0.2, 0.25) is 0 Å². The number of hydrogen-bond acceptors (Lipinski definition) is 4. The Morgan fingerprint density at radius 1 is 1.18 bits per heavy atom. The maximum absolute atomic E-state index is 11.8. The number of nitrogens with zero attached hydrogens (tertiary/aromatic N) is 1. The van der Waals surface area contributed by atoms with Crippen LogP contribution < -0.4 is 0 Å². The first kappa shape index (κ1) is 11.7. The van der Waals surface area contributed by atoms with Crippen molar-refractivity contribution in [3.8, 4) is 0 Å². The molecular formula is C11H9NO4S. The predicted molar refractivity (Wildman–Crippen MR) is 61.7 cm³/mol. The van der Waals surface area contributed by atoms with Crippen LogP contribution in [0, 0.1) is 0 Å². The maximum Gasteiger partial charge on any atom is 0.304 e. The molecule has 17 heavy (non-hydrogen) atoms. The average molecular weight is 251 g/mol. The fourth-order valence-electron chi connectivity index (χ4n) is 1.51. The third-order valence-electron chi connectivity index (χ3n) is 2.29. The van der Waals surface area contributed by atoms with Crippen LogP contribution in [0.5, 0.6) is 0 Å². The van der Waals surface area contributed by atoms with Crippen molar-refractivity contribution >= 4 is 29.7 Å². The highest BCUT2D eigenvalue weighted by Crippen LogP contribution is 2.28. The summed E-state index contributed by atoms with van der Waals surface area (Å²) in [5, 5.41) is 8.49. The third-order valence-corrected chi connectivity index (χ3v) is 3.27. The second kappa shape index (κ2) is 4.58. The molecule has 1 N–H and O–H groups in total. The molecule has 2 rings (SSSR count). The zero-order valence-electron chi connectivity index (χ0n) is 8.75. The number of carbonyl (C=O) groups is 3. The minimum atomic E-state index is -0.950. The molecule has 0 atom stereocenters. The highest BCUT2D eigenvalue weighted by atomic mass is 32.2. The van der Waals surface area contributed by atoms with Crippen LogP contribution in [0.1, 0.15) is 27.1 Å². The van der Waals surface area contributed by atoms with Crippen molar-refractivity contribution < 1.29 is 19.5 Å². The summed E-state index contributed by atoms with van der Waals surface area (Å²) in [4.78, 5) is 34.0. The van der Waals surface area contributed by atoms with Gasteiger partial charge < -0.3 is 5.11 Å². The van der Waals surface area contributed by atoms with E-state index in [9.17, 15) is 14.4 Å². The van der Waals surface area contributed by atoms with Crippen molar-refractivity contribution in [1.82, 2.24) is 4.31 Å². The monoisotopic (exact) mass is 251 g/mol. The van der Waals surface area contributed by atoms with E-state index in [1.807, 2.05) is 0 Å². The summed E-state index contributed by atoms with van der Waals surface area (Å²) in [6.45, 7) is 0. The number of imide groups is 1. The van der Waals surface area contributed by atoms with Crippen molar-refractivity contribution in [3.05, 3.63) is 35.4 Å². The van der Waals surface area contributed by atoms with Crippen LogP contribution >= 0.6 is 11.9 Å². The highest BCUT2D eigenvalue weighted by Gasteiger charge is 2.35. The van der Waals surface area contributed by atoms with Crippen LogP contribution in [0.15, 0.2) is 24.3 Å². The lowest BCUT2D eigenvalue weighted by Gasteiger charge is -2.10. The van der Waals surface area contributed by atoms with Gasteiger partial charge in [0.1, 0.15) is 0 Å². The Morgan fingerprint density at radius 2 is 1.71 bits per heavy atom. The van der Waals surface area contributed by atoms with E-state index in [0.29, 0.717) is 11.1 Å². The van der Waals surface area contributed by atoms with Crippen molar-refractivity contribution in [2.75, 3.05) is 5.75 Å². The van der Waals surface area contributed by atoms with Crippen molar-refractivity contribution in [2.24, 2.45) is 0 Å². The fourth-order valence-corrected chi connectivity index (χ4v) is 2.39. The lowest BCUT2D eigenvalue weighted by Crippen LogP contribution is -2.23. The lowest BCUT2D eigenvalue weighted by atomic mass is 10.1. The molecule has 5 nitrogen and oxygen atoms in total. The van der Waals surface area contributed by atoms with E-state index in [4.69, 9.17) is 5.11 Å². The number of carboxylic acids is 1. The maximum atomic E-state index is 11.8. The molecule has 1 aliphatic rings. The summed E-state index contributed by atoms with van der Waals surface area (Å²) in [5.41, 5.74) is 0.751. The van der Waals surface area contributed by atoms with Crippen LogP contribution in [0.4, 0.5) is 0 Å². The van der Waals surface area contributed by atoms with E-state index in [2.05, 4.69) is 0 Å². The topological polar surface area (TPSA) is 74.7 Å². The molecule has 0 aliphatic carbocycles. The predicted octanol–water partition coefficient (Wildman–Crippen LogP) is 1.41. The number of fused-ring (bicyclic) bond motifs is 1. The first-order chi connectivity index (χ1) is 8.11. The van der Waals surface area contributed by atoms with Gasteiger partial charge in [0.15, 0.2) is 0 Å². The minimum Gasteiger partial charge on any atom is -0.481 e. The molecule has 6 heteroatoms. The Hall–Kier alpha value is -1.82. The van der Waals surface area contributed by atoms with Crippen LogP contribution in [-0.2, 0) is 4.79 Å². The summed E-state index contributed by atoms with van der Waals surface area (Å²) in [6.07, 6.45) is -0.0852. The van der Waals surface area contributed by atoms with Crippen LogP contribution in [0.3, 0.4) is 0 Å². The number of amides is 2. The largest absolute Gasteiger partial charge is 0.481 e. The average Bonchev–Trinajstić information content (AvgIpc) is 2.54. The molecule has 0 unspecified atom stereocenters. The number of carbonyl (C=O) groups excluding carboxylic acids is 2. The van der Waals surface area contributed by atoms with Crippen molar-refractivity contribution in [1.29, 1.82) is 0 Å². The lowest BCUT2D eigenvalue weighted by molar-refractivity contribution is -0.136. The third kappa shape index (κ3) is 2.16. The molecule has 1 aromatic rings. The molecule has 0 spiro atoms. The second-order valence-electron chi connectivity index (χ2n) is 3.43. The quantitative estimate of drug-likeness (QED) is 0.646. The molecule has 0 aromatic heterocycles. The van der Waals surface area contributed by atoms with E-state index < -0.39 is 5.97 Å². The molecule has 1 aliphatic heterocycles. The Morgan fingerprint density at radius 3 is 2.18 bits per heavy atom. The zero-order chi connectivity index (χ0) is 12.4. The minimum absolute atomic E-state index is 0.0852. The van der Waals surface area contributed by atoms with E-state index in [1.54, 1.807) is 24.3 Å². The van der Waals surface area contributed by atoms with Gasteiger partial charge in [-0.3, -0.25) is 14.4 Å². The van der Waals surface area contributed by atoms with Crippen molar-refractivity contribution in [3.63, 3.8) is 0 Å². The second-order valence-corrected chi connectivity index (χ2v) is 4.46. The van der Waals surface area contributed by atoms with Gasteiger partial charge in [0.25, 0.3) is 11.8 Å². The SMILES string of the molecule is O=C(O)CCSN1C(=O)c2ccccc2C1=O. The standard InChI is InChI=1S/C11H9NO4S/c13-9(14)5-6-17-12-10(15)7-3-1-2-4-8(7)11(12)16/h1-4H,5-6H2,(H,13,14). The fraction of sp³-hybridized carbons (Fsp3) is 0.182. The van der Waals surface area contributed by atoms with Gasteiger partial charge in [-0.1, -0.05) is 12.1 Å². The molecule has 0 saturated carbocycles. The van der Waals surface area contributed by atoms with Gasteiger partial charge in [0.05, 0.1) is 17.5 Å². The van der Waals surface area contributed by atoms with E-state index >= 15 is 0 Å². The summed E-state index contributed by atoms with van der Waals surface area (Å²) in [6, 6.07) is 6.56. The molecule has 0 radical (unpaired) electrons. The number of aliphatic carboxylic acids is 1. The summed E-state index contributed by atoms with van der Waals surface area (Å²) in [5.74, 6) is -1.50. The first-order valence-corrected chi connectivity index (χ1v) is 5.88. The molecule has 0 bridgehead atoms. The molecule has 1 aromatic carbocycles. The Kier molecular flexibility index (Phi) is 3.14. The summed E-state index contributed by atoms with van der Waals surface area (Å²) < 4.78 is 1.02. The molecule has 0 saturated heterocycles. The van der Waals surface area contributed by atoms with E-state index in [1.165, 1.54) is 0 Å². The van der Waals surface area contributed by atoms with Gasteiger partial charge in [-0.15, -0.1) is 0 Å². The first-order valence-electron chi connectivity index (χ1n) is 4.94. The number of benzene rings is 1. The number of carboxylic acid groups (broad SMARTS) is 1. The van der Waals surface area contributed by atoms with Gasteiger partial charge in [0, 0.05) is 5.75 Å². The molecular weight excluding hydrogens is 242 g/mol. The molecule has 0 fully saturated rings. The van der Waals surface area contributed by atoms with Gasteiger partial charge in [0.2, 0.25) is 0 Å². The van der Waals surface area contributed by atoms with E-state index in [0.717, 1.165) is 16.3 Å². The summed E-state index contributed by atoms with van der Waals surface area (Å²) >= 11 is 0.939. The number of rotatable bonds is 4. The zero-order valence-corrected chi connectivity index (χ0v) is 9.57. The molecule has 1 heterocycles. The highest BCUT2D eigenvalue weighted by molar-refractivity contribution is 7.98. The molecule has 2 amide bonds. The van der Waals surface area contributed by atoms with Gasteiger partial charge >= 0.3 is 5.97 Å². The van der Waals surface area contributed by atoms with Gasteiger partial charge in [-0.25, -0.2) is 4.31 Å². The summed E-state index contributed by atoms with van der Waals surface area (Å²) in [7, 11) is 0. The van der Waals surface area contributed by atoms with Crippen LogP contribution in [0.25, 0.3) is 0 Å². The van der Waals surface area contributed by atoms with Crippen molar-refractivity contribution in [2.45, 2.75) is 6.42 Å². The number of hydrogen-bond donors (Lipinski definition) is 1. The van der Waals surface area contributed by atoms with E-state index in [-0.39, 0.29) is 24.0 Å². The Labute approximate surface area is 102 Å². The normalized spacial score (nSPS) is 14.0. The van der Waals surface area contributed by atoms with Gasteiger partial charge in [-0.05, 0) is 24.1 Å². The molecule has 88 valence electrons. The van der Waals surface area contributed by atoms with Crippen LogP contribution in [-0.4, -0.2) is 32.9 Å². The smallest absolute Gasteiger partial charge is 0.304 e.